The maximum absolute atomic E-state index is 12.0. The lowest BCUT2D eigenvalue weighted by atomic mass is 10.1. The molecule has 2 atom stereocenters. The SMILES string of the molecule is CCC[C@@H](C=O)N[C@@H](C)C(=O)Oc1nc(OC)nc(OC)n1. The third-order valence-corrected chi connectivity index (χ3v) is 2.71. The molecule has 0 saturated carbocycles. The molecule has 0 spiro atoms. The quantitative estimate of drug-likeness (QED) is 0.502. The van der Waals surface area contributed by atoms with Gasteiger partial charge in [0.25, 0.3) is 0 Å². The topological polar surface area (TPSA) is 113 Å². The molecule has 0 saturated heterocycles. The van der Waals surface area contributed by atoms with Crippen LogP contribution in [0.4, 0.5) is 0 Å². The van der Waals surface area contributed by atoms with Crippen molar-refractivity contribution < 1.29 is 23.8 Å². The summed E-state index contributed by atoms with van der Waals surface area (Å²) in [5.74, 6) is -0.627. The zero-order valence-electron chi connectivity index (χ0n) is 13.0. The van der Waals surface area contributed by atoms with Crippen molar-refractivity contribution in [2.45, 2.75) is 38.8 Å². The van der Waals surface area contributed by atoms with Gasteiger partial charge in [-0.3, -0.25) is 5.32 Å². The second-order valence-electron chi connectivity index (χ2n) is 4.43. The number of nitrogens with zero attached hydrogens (tertiary/aromatic N) is 3. The highest BCUT2D eigenvalue weighted by Gasteiger charge is 2.21. The number of aromatic nitrogens is 3. The van der Waals surface area contributed by atoms with Crippen molar-refractivity contribution in [3.63, 3.8) is 0 Å². The summed E-state index contributed by atoms with van der Waals surface area (Å²) in [7, 11) is 2.73. The molecule has 0 aliphatic heterocycles. The molecule has 22 heavy (non-hydrogen) atoms. The maximum atomic E-state index is 12.0. The number of hydrogen-bond donors (Lipinski definition) is 1. The minimum atomic E-state index is -0.699. The van der Waals surface area contributed by atoms with Crippen LogP contribution in [0.25, 0.3) is 0 Å². The molecule has 1 aromatic heterocycles. The lowest BCUT2D eigenvalue weighted by Gasteiger charge is -2.16. The lowest BCUT2D eigenvalue weighted by Crippen LogP contribution is -2.44. The molecule has 0 unspecified atom stereocenters. The number of ether oxygens (including phenoxy) is 3. The van der Waals surface area contributed by atoms with Gasteiger partial charge in [-0.25, -0.2) is 4.79 Å². The normalized spacial score (nSPS) is 13.1. The standard InChI is InChI=1S/C13H20N4O5/c1-5-6-9(7-18)14-8(2)10(19)22-13-16-11(20-3)15-12(17-13)21-4/h7-9,14H,5-6H2,1-4H3/t8-,9-/m0/s1. The van der Waals surface area contributed by atoms with E-state index in [9.17, 15) is 9.59 Å². The molecular formula is C13H20N4O5. The first kappa shape index (κ1) is 17.8. The van der Waals surface area contributed by atoms with Crippen LogP contribution in [-0.2, 0) is 9.59 Å². The highest BCUT2D eigenvalue weighted by atomic mass is 16.6. The number of carbonyl (C=O) groups excluding carboxylic acids is 2. The minimum Gasteiger partial charge on any atom is -0.467 e. The van der Waals surface area contributed by atoms with E-state index < -0.39 is 18.1 Å². The van der Waals surface area contributed by atoms with Gasteiger partial charge in [0, 0.05) is 0 Å². The van der Waals surface area contributed by atoms with Crippen LogP contribution in [0.3, 0.4) is 0 Å². The van der Waals surface area contributed by atoms with E-state index in [0.717, 1.165) is 12.7 Å². The molecule has 0 bridgehead atoms. The van der Waals surface area contributed by atoms with Gasteiger partial charge in [0.05, 0.1) is 20.3 Å². The van der Waals surface area contributed by atoms with E-state index in [0.29, 0.717) is 6.42 Å². The van der Waals surface area contributed by atoms with Crippen LogP contribution < -0.4 is 19.5 Å². The molecule has 1 rings (SSSR count). The van der Waals surface area contributed by atoms with Crippen molar-refractivity contribution in [2.24, 2.45) is 0 Å². The highest BCUT2D eigenvalue weighted by molar-refractivity contribution is 5.77. The average Bonchev–Trinajstić information content (AvgIpc) is 2.53. The molecule has 0 amide bonds. The number of esters is 1. The Hall–Kier alpha value is -2.29. The van der Waals surface area contributed by atoms with E-state index in [1.54, 1.807) is 6.92 Å². The van der Waals surface area contributed by atoms with Crippen molar-refractivity contribution in [3.05, 3.63) is 0 Å². The summed E-state index contributed by atoms with van der Waals surface area (Å²) in [6, 6.07) is -1.41. The summed E-state index contributed by atoms with van der Waals surface area (Å²) in [6.07, 6.45) is 2.22. The third kappa shape index (κ3) is 5.24. The van der Waals surface area contributed by atoms with Gasteiger partial charge >= 0.3 is 24.0 Å². The van der Waals surface area contributed by atoms with E-state index in [1.807, 2.05) is 6.92 Å². The number of hydrogen-bond acceptors (Lipinski definition) is 9. The highest BCUT2D eigenvalue weighted by Crippen LogP contribution is 2.14. The molecule has 0 fully saturated rings. The largest absolute Gasteiger partial charge is 0.467 e. The van der Waals surface area contributed by atoms with Gasteiger partial charge in [-0.05, 0) is 13.3 Å². The number of rotatable bonds is 9. The monoisotopic (exact) mass is 312 g/mol. The first-order chi connectivity index (χ1) is 10.5. The van der Waals surface area contributed by atoms with Crippen LogP contribution >= 0.6 is 0 Å². The summed E-state index contributed by atoms with van der Waals surface area (Å²) < 4.78 is 14.8. The van der Waals surface area contributed by atoms with Gasteiger partial charge in [0.1, 0.15) is 12.3 Å². The van der Waals surface area contributed by atoms with E-state index in [1.165, 1.54) is 14.2 Å². The fourth-order valence-electron chi connectivity index (χ4n) is 1.62. The van der Waals surface area contributed by atoms with Gasteiger partial charge in [-0.15, -0.1) is 15.0 Å². The fraction of sp³-hybridized carbons (Fsp3) is 0.615. The second-order valence-corrected chi connectivity index (χ2v) is 4.43. The lowest BCUT2D eigenvalue weighted by molar-refractivity contribution is -0.137. The second kappa shape index (κ2) is 8.88. The number of aldehydes is 1. The van der Waals surface area contributed by atoms with E-state index >= 15 is 0 Å². The van der Waals surface area contributed by atoms with Crippen molar-refractivity contribution in [1.82, 2.24) is 20.3 Å². The summed E-state index contributed by atoms with van der Waals surface area (Å²) in [6.45, 7) is 3.54. The van der Waals surface area contributed by atoms with E-state index in [4.69, 9.17) is 14.2 Å². The van der Waals surface area contributed by atoms with Crippen LogP contribution in [-0.4, -0.2) is 53.5 Å². The van der Waals surface area contributed by atoms with E-state index in [-0.39, 0.29) is 18.0 Å². The maximum Gasteiger partial charge on any atom is 0.333 e. The van der Waals surface area contributed by atoms with Gasteiger partial charge in [-0.1, -0.05) is 13.3 Å². The van der Waals surface area contributed by atoms with Crippen LogP contribution in [0.1, 0.15) is 26.7 Å². The Bertz CT molecular complexity index is 489. The number of nitrogens with one attached hydrogen (secondary N) is 1. The molecule has 1 N–H and O–H groups in total. The van der Waals surface area contributed by atoms with Gasteiger partial charge < -0.3 is 19.0 Å². The fourth-order valence-corrected chi connectivity index (χ4v) is 1.62. The Balaban J connectivity index is 2.72. The molecule has 122 valence electrons. The summed E-state index contributed by atoms with van der Waals surface area (Å²) in [5.41, 5.74) is 0. The Kier molecular flexibility index (Phi) is 7.17. The Labute approximate surface area is 128 Å². The molecule has 1 aromatic rings. The zero-order valence-corrected chi connectivity index (χ0v) is 13.0. The van der Waals surface area contributed by atoms with Crippen molar-refractivity contribution in [1.29, 1.82) is 0 Å². The first-order valence-corrected chi connectivity index (χ1v) is 6.81. The molecule has 0 aromatic carbocycles. The minimum absolute atomic E-state index is 0.0352. The molecule has 9 heteroatoms. The molecular weight excluding hydrogens is 292 g/mol. The van der Waals surface area contributed by atoms with Crippen molar-refractivity contribution >= 4 is 12.3 Å². The Morgan fingerprint density at radius 2 is 1.73 bits per heavy atom. The van der Waals surface area contributed by atoms with Crippen LogP contribution in [0.15, 0.2) is 0 Å². The predicted molar refractivity (Wildman–Crippen MR) is 75.9 cm³/mol. The van der Waals surface area contributed by atoms with Crippen LogP contribution in [0, 0.1) is 0 Å². The Morgan fingerprint density at radius 1 is 1.18 bits per heavy atom. The van der Waals surface area contributed by atoms with Crippen molar-refractivity contribution in [2.75, 3.05) is 14.2 Å². The molecule has 0 radical (unpaired) electrons. The third-order valence-electron chi connectivity index (χ3n) is 2.71. The number of carbonyl (C=O) groups is 2. The molecule has 0 aliphatic rings. The van der Waals surface area contributed by atoms with Crippen LogP contribution in [0.2, 0.25) is 0 Å². The van der Waals surface area contributed by atoms with Gasteiger partial charge in [0.2, 0.25) is 0 Å². The van der Waals surface area contributed by atoms with Gasteiger partial charge in [0.15, 0.2) is 0 Å². The predicted octanol–water partition coefficient (Wildman–Crippen LogP) is 0.140. The summed E-state index contributed by atoms with van der Waals surface area (Å²) in [4.78, 5) is 34.3. The zero-order chi connectivity index (χ0) is 16.5. The average molecular weight is 312 g/mol. The van der Waals surface area contributed by atoms with Gasteiger partial charge in [-0.2, -0.15) is 0 Å². The summed E-state index contributed by atoms with van der Waals surface area (Å²) >= 11 is 0. The Morgan fingerprint density at radius 3 is 2.18 bits per heavy atom. The first-order valence-electron chi connectivity index (χ1n) is 6.81. The molecule has 0 aliphatic carbocycles. The number of methoxy groups -OCH3 is 2. The van der Waals surface area contributed by atoms with Crippen molar-refractivity contribution in [3.8, 4) is 18.0 Å². The van der Waals surface area contributed by atoms with Crippen LogP contribution in [0.5, 0.6) is 18.0 Å². The smallest absolute Gasteiger partial charge is 0.333 e. The summed E-state index contributed by atoms with van der Waals surface area (Å²) in [5, 5.41) is 2.87. The molecule has 9 nitrogen and oxygen atoms in total. The molecule has 1 heterocycles. The van der Waals surface area contributed by atoms with E-state index in [2.05, 4.69) is 20.3 Å².